The van der Waals surface area contributed by atoms with Crippen LogP contribution in [0.15, 0.2) is 35.5 Å². The highest BCUT2D eigenvalue weighted by atomic mass is 32.2. The molecule has 2 heterocycles. The van der Waals surface area contributed by atoms with Crippen molar-refractivity contribution in [3.8, 4) is 0 Å². The Morgan fingerprint density at radius 3 is 3.10 bits per heavy atom. The topological polar surface area (TPSA) is 59.0 Å². The van der Waals surface area contributed by atoms with Crippen LogP contribution in [0.2, 0.25) is 0 Å². The van der Waals surface area contributed by atoms with Crippen molar-refractivity contribution in [2.45, 2.75) is 31.3 Å². The van der Waals surface area contributed by atoms with Crippen molar-refractivity contribution in [2.75, 3.05) is 16.4 Å². The number of carbonyl (C=O) groups excluding carboxylic acids is 1. The molecule has 1 aromatic heterocycles. The Hall–Kier alpha value is -1.95. The van der Waals surface area contributed by atoms with E-state index in [1.165, 1.54) is 0 Å². The second-order valence-electron chi connectivity index (χ2n) is 5.32. The number of benzene rings is 1. The number of nitrogens with zero attached hydrogens (tertiary/aromatic N) is 2. The van der Waals surface area contributed by atoms with Crippen LogP contribution >= 0.6 is 11.8 Å². The maximum Gasteiger partial charge on any atom is 0.234 e. The Morgan fingerprint density at radius 1 is 1.48 bits per heavy atom. The predicted molar refractivity (Wildman–Crippen MR) is 85.7 cm³/mol. The van der Waals surface area contributed by atoms with Gasteiger partial charge in [0, 0.05) is 34.9 Å². The van der Waals surface area contributed by atoms with Gasteiger partial charge < -0.3 is 10.6 Å². The lowest BCUT2D eigenvalue weighted by Gasteiger charge is -2.17. The SMILES string of the molecule is CC(C)n1cc(CNc2ccc3c(c2)NC(=O)CS3)cn1. The molecule has 2 N–H and O–H groups in total. The number of anilines is 2. The first-order chi connectivity index (χ1) is 10.1. The van der Waals surface area contributed by atoms with E-state index in [1.54, 1.807) is 11.8 Å². The molecule has 1 amide bonds. The second-order valence-corrected chi connectivity index (χ2v) is 6.34. The zero-order valence-electron chi connectivity index (χ0n) is 12.1. The fraction of sp³-hybridized carbons (Fsp3) is 0.333. The largest absolute Gasteiger partial charge is 0.381 e. The van der Waals surface area contributed by atoms with Crippen molar-refractivity contribution in [3.05, 3.63) is 36.2 Å². The summed E-state index contributed by atoms with van der Waals surface area (Å²) in [6.45, 7) is 4.93. The van der Waals surface area contributed by atoms with E-state index in [4.69, 9.17) is 0 Å². The van der Waals surface area contributed by atoms with Crippen LogP contribution in [0.5, 0.6) is 0 Å². The van der Waals surface area contributed by atoms with E-state index in [0.717, 1.165) is 21.8 Å². The molecule has 0 bridgehead atoms. The van der Waals surface area contributed by atoms with Gasteiger partial charge in [0.25, 0.3) is 0 Å². The molecule has 110 valence electrons. The first-order valence-corrected chi connectivity index (χ1v) is 7.94. The van der Waals surface area contributed by atoms with Crippen molar-refractivity contribution in [3.63, 3.8) is 0 Å². The molecule has 3 rings (SSSR count). The molecule has 0 atom stereocenters. The molecular formula is C15H18N4OS. The summed E-state index contributed by atoms with van der Waals surface area (Å²) >= 11 is 1.57. The van der Waals surface area contributed by atoms with Crippen molar-refractivity contribution in [1.82, 2.24) is 9.78 Å². The molecule has 1 aromatic carbocycles. The van der Waals surface area contributed by atoms with Crippen molar-refractivity contribution >= 4 is 29.0 Å². The van der Waals surface area contributed by atoms with Crippen LogP contribution in [-0.4, -0.2) is 21.4 Å². The van der Waals surface area contributed by atoms with Crippen LogP contribution < -0.4 is 10.6 Å². The van der Waals surface area contributed by atoms with Crippen molar-refractivity contribution in [2.24, 2.45) is 0 Å². The van der Waals surface area contributed by atoms with Gasteiger partial charge in [0.1, 0.15) is 0 Å². The van der Waals surface area contributed by atoms with E-state index in [1.807, 2.05) is 35.3 Å². The summed E-state index contributed by atoms with van der Waals surface area (Å²) in [4.78, 5) is 12.5. The number of aromatic nitrogens is 2. The molecule has 0 aliphatic carbocycles. The van der Waals surface area contributed by atoms with Gasteiger partial charge >= 0.3 is 0 Å². The normalized spacial score (nSPS) is 14.0. The standard InChI is InChI=1S/C15H18N4OS/c1-10(2)19-8-11(7-17-19)6-16-12-3-4-14-13(5-12)18-15(20)9-21-14/h3-5,7-8,10,16H,6,9H2,1-2H3,(H,18,20). The van der Waals surface area contributed by atoms with Gasteiger partial charge in [0.15, 0.2) is 0 Å². The van der Waals surface area contributed by atoms with Crippen LogP contribution in [0.25, 0.3) is 0 Å². The average Bonchev–Trinajstić information content (AvgIpc) is 2.93. The van der Waals surface area contributed by atoms with Gasteiger partial charge in [0.05, 0.1) is 17.6 Å². The molecule has 0 fully saturated rings. The molecule has 0 spiro atoms. The predicted octanol–water partition coefficient (Wildman–Crippen LogP) is 3.12. The first-order valence-electron chi connectivity index (χ1n) is 6.95. The van der Waals surface area contributed by atoms with E-state index < -0.39 is 0 Å². The molecule has 6 heteroatoms. The fourth-order valence-electron chi connectivity index (χ4n) is 2.15. The monoisotopic (exact) mass is 302 g/mol. The van der Waals surface area contributed by atoms with Crippen LogP contribution in [0.1, 0.15) is 25.5 Å². The molecule has 0 saturated heterocycles. The summed E-state index contributed by atoms with van der Waals surface area (Å²) in [6, 6.07) is 6.43. The Bertz CT molecular complexity index is 665. The zero-order valence-corrected chi connectivity index (χ0v) is 12.9. The molecule has 2 aromatic rings. The third kappa shape index (κ3) is 3.21. The zero-order chi connectivity index (χ0) is 14.8. The van der Waals surface area contributed by atoms with E-state index >= 15 is 0 Å². The highest BCUT2D eigenvalue weighted by Gasteiger charge is 2.15. The molecule has 0 saturated carbocycles. The molecule has 0 radical (unpaired) electrons. The first kappa shape index (κ1) is 14.0. The van der Waals surface area contributed by atoms with E-state index in [-0.39, 0.29) is 5.91 Å². The summed E-state index contributed by atoms with van der Waals surface area (Å²) in [5.74, 6) is 0.552. The number of hydrogen-bond acceptors (Lipinski definition) is 4. The molecule has 1 aliphatic rings. The molecule has 1 aliphatic heterocycles. The van der Waals surface area contributed by atoms with Gasteiger partial charge in [-0.25, -0.2) is 0 Å². The van der Waals surface area contributed by atoms with E-state index in [0.29, 0.717) is 18.3 Å². The number of carbonyl (C=O) groups is 1. The summed E-state index contributed by atoms with van der Waals surface area (Å²) in [7, 11) is 0. The Labute approximate surface area is 128 Å². The average molecular weight is 302 g/mol. The maximum absolute atomic E-state index is 11.4. The van der Waals surface area contributed by atoms with Crippen molar-refractivity contribution in [1.29, 1.82) is 0 Å². The third-order valence-corrected chi connectivity index (χ3v) is 4.37. The van der Waals surface area contributed by atoms with E-state index in [2.05, 4.69) is 29.6 Å². The van der Waals surface area contributed by atoms with Gasteiger partial charge in [-0.15, -0.1) is 11.8 Å². The van der Waals surface area contributed by atoms with Crippen LogP contribution in [-0.2, 0) is 11.3 Å². The van der Waals surface area contributed by atoms with E-state index in [9.17, 15) is 4.79 Å². The lowest BCUT2D eigenvalue weighted by atomic mass is 10.2. The van der Waals surface area contributed by atoms with Crippen LogP contribution in [0.4, 0.5) is 11.4 Å². The second kappa shape index (κ2) is 5.81. The smallest absolute Gasteiger partial charge is 0.234 e. The lowest BCUT2D eigenvalue weighted by molar-refractivity contribution is -0.113. The molecule has 0 unspecified atom stereocenters. The number of amides is 1. The van der Waals surface area contributed by atoms with Crippen molar-refractivity contribution < 1.29 is 4.79 Å². The summed E-state index contributed by atoms with van der Waals surface area (Å²) < 4.78 is 1.95. The minimum atomic E-state index is 0.0582. The number of fused-ring (bicyclic) bond motifs is 1. The molecular weight excluding hydrogens is 284 g/mol. The quantitative estimate of drug-likeness (QED) is 0.911. The Morgan fingerprint density at radius 2 is 2.33 bits per heavy atom. The number of thioether (sulfide) groups is 1. The highest BCUT2D eigenvalue weighted by Crippen LogP contribution is 2.33. The third-order valence-electron chi connectivity index (χ3n) is 3.29. The highest BCUT2D eigenvalue weighted by molar-refractivity contribution is 8.00. The fourth-order valence-corrected chi connectivity index (χ4v) is 2.94. The van der Waals surface area contributed by atoms with Gasteiger partial charge in [0.2, 0.25) is 5.91 Å². The van der Waals surface area contributed by atoms with Crippen LogP contribution in [0, 0.1) is 0 Å². The van der Waals surface area contributed by atoms with Gasteiger partial charge in [-0.1, -0.05) is 0 Å². The van der Waals surface area contributed by atoms with Gasteiger partial charge in [-0.3, -0.25) is 9.48 Å². The number of hydrogen-bond donors (Lipinski definition) is 2. The minimum absolute atomic E-state index is 0.0582. The summed E-state index contributed by atoms with van der Waals surface area (Å²) in [5.41, 5.74) is 3.02. The number of rotatable bonds is 4. The summed E-state index contributed by atoms with van der Waals surface area (Å²) in [5, 5.41) is 10.6. The molecule has 5 nitrogen and oxygen atoms in total. The van der Waals surface area contributed by atoms with Crippen LogP contribution in [0.3, 0.4) is 0 Å². The Balaban J connectivity index is 1.67. The Kier molecular flexibility index (Phi) is 3.88. The minimum Gasteiger partial charge on any atom is -0.381 e. The maximum atomic E-state index is 11.4. The van der Waals surface area contributed by atoms with Gasteiger partial charge in [-0.2, -0.15) is 5.10 Å². The molecule has 21 heavy (non-hydrogen) atoms. The lowest BCUT2D eigenvalue weighted by Crippen LogP contribution is -2.18. The summed E-state index contributed by atoms with van der Waals surface area (Å²) in [6.07, 6.45) is 3.93. The van der Waals surface area contributed by atoms with Gasteiger partial charge in [-0.05, 0) is 32.0 Å². The number of nitrogens with one attached hydrogen (secondary N) is 2.